The van der Waals surface area contributed by atoms with Crippen molar-refractivity contribution >= 4 is 23.4 Å². The van der Waals surface area contributed by atoms with Crippen LogP contribution in [-0.4, -0.2) is 67.3 Å². The fourth-order valence-corrected chi connectivity index (χ4v) is 3.61. The van der Waals surface area contributed by atoms with Crippen LogP contribution in [0.1, 0.15) is 81.1 Å². The molecule has 0 rings (SSSR count). The largest absolute Gasteiger partial charge is 0.459 e. The number of ether oxygens (including phenoxy) is 1. The molecule has 0 aromatic rings. The van der Waals surface area contributed by atoms with Crippen LogP contribution < -0.4 is 5.32 Å². The molecule has 0 radical (unpaired) electrons. The molecule has 0 aromatic carbocycles. The van der Waals surface area contributed by atoms with Crippen LogP contribution in [0, 0.1) is 17.3 Å². The summed E-state index contributed by atoms with van der Waals surface area (Å²) in [5, 5.41) is 3.05. The fraction of sp³-hybridized carbons (Fsp3) is 0.840. The topological polar surface area (TPSA) is 89.5 Å². The number of amides is 1. The van der Waals surface area contributed by atoms with E-state index in [4.69, 9.17) is 4.74 Å². The zero-order valence-corrected chi connectivity index (χ0v) is 22.1. The van der Waals surface area contributed by atoms with Crippen LogP contribution in [0.25, 0.3) is 0 Å². The molecule has 0 saturated heterocycles. The van der Waals surface area contributed by atoms with Gasteiger partial charge in [-0.2, -0.15) is 0 Å². The molecule has 0 aromatic heterocycles. The third kappa shape index (κ3) is 11.2. The molecule has 0 fully saturated rings. The third-order valence-corrected chi connectivity index (χ3v) is 6.52. The zero-order chi connectivity index (χ0) is 25.3. The summed E-state index contributed by atoms with van der Waals surface area (Å²) >= 11 is 0. The van der Waals surface area contributed by atoms with Gasteiger partial charge in [-0.15, -0.1) is 0 Å². The summed E-state index contributed by atoms with van der Waals surface area (Å²) < 4.78 is 5.89. The molecule has 1 N–H and O–H groups in total. The number of rotatable bonds is 15. The van der Waals surface area contributed by atoms with Gasteiger partial charge in [-0.1, -0.05) is 27.7 Å². The van der Waals surface area contributed by atoms with E-state index in [0.717, 1.165) is 6.42 Å². The van der Waals surface area contributed by atoms with E-state index in [1.165, 1.54) is 0 Å². The highest BCUT2D eigenvalue weighted by atomic mass is 16.5. The van der Waals surface area contributed by atoms with Gasteiger partial charge in [-0.25, -0.2) is 0 Å². The Morgan fingerprint density at radius 1 is 1.00 bits per heavy atom. The van der Waals surface area contributed by atoms with E-state index < -0.39 is 5.41 Å². The van der Waals surface area contributed by atoms with Crippen LogP contribution >= 0.6 is 0 Å². The van der Waals surface area contributed by atoms with Gasteiger partial charge in [0.2, 0.25) is 5.91 Å². The highest BCUT2D eigenvalue weighted by molar-refractivity contribution is 5.84. The van der Waals surface area contributed by atoms with Crippen molar-refractivity contribution in [1.29, 1.82) is 0 Å². The van der Waals surface area contributed by atoms with Gasteiger partial charge in [0, 0.05) is 23.8 Å². The molecule has 0 aliphatic rings. The first kappa shape index (κ1) is 30.2. The number of ketones is 2. The number of Topliss-reactive ketones (excluding diaryl/α,β-unsaturated/α-hetero) is 2. The number of esters is 1. The van der Waals surface area contributed by atoms with Gasteiger partial charge in [0.25, 0.3) is 0 Å². The first-order valence-corrected chi connectivity index (χ1v) is 11.8. The summed E-state index contributed by atoms with van der Waals surface area (Å²) in [6, 6.07) is 0. The monoisotopic (exact) mass is 455 g/mol. The Labute approximate surface area is 195 Å². The normalized spacial score (nSPS) is 15.9. The van der Waals surface area contributed by atoms with Crippen LogP contribution in [-0.2, 0) is 23.9 Å². The maximum atomic E-state index is 12.6. The minimum absolute atomic E-state index is 0.0238. The molecule has 0 aliphatic heterocycles. The molecule has 7 heteroatoms. The quantitative estimate of drug-likeness (QED) is 0.301. The van der Waals surface area contributed by atoms with E-state index >= 15 is 0 Å². The van der Waals surface area contributed by atoms with Crippen molar-refractivity contribution in [2.75, 3.05) is 33.8 Å². The standard InChI is InChI=1S/C25H46N2O5/c1-11-24(6,7)26-22(30)19(3)16-25(8,21(5)29)13-12-18(2)23(31)32-15-14-27(9,10)17-20(4)28/h18-19H,11-17H2,1-10H3/p+1. The number of carbonyl (C=O) groups is 4. The van der Waals surface area contributed by atoms with E-state index in [-0.39, 0.29) is 47.4 Å². The molecule has 0 saturated carbocycles. The van der Waals surface area contributed by atoms with Crippen LogP contribution in [0.15, 0.2) is 0 Å². The molecular weight excluding hydrogens is 408 g/mol. The maximum Gasteiger partial charge on any atom is 0.308 e. The van der Waals surface area contributed by atoms with Crippen molar-refractivity contribution in [1.82, 2.24) is 5.32 Å². The van der Waals surface area contributed by atoms with Gasteiger partial charge in [-0.05, 0) is 46.5 Å². The number of hydrogen-bond acceptors (Lipinski definition) is 5. The van der Waals surface area contributed by atoms with Crippen LogP contribution in [0.2, 0.25) is 0 Å². The molecule has 3 unspecified atom stereocenters. The molecule has 3 atom stereocenters. The SMILES string of the molecule is CCC(C)(C)NC(=O)C(C)CC(C)(CCC(C)C(=O)OCC[N+](C)(C)CC(C)=O)C(C)=O. The van der Waals surface area contributed by atoms with E-state index in [9.17, 15) is 19.2 Å². The van der Waals surface area contributed by atoms with Crippen molar-refractivity contribution < 1.29 is 28.4 Å². The average molecular weight is 456 g/mol. The van der Waals surface area contributed by atoms with Crippen molar-refractivity contribution in [3.8, 4) is 0 Å². The Kier molecular flexibility index (Phi) is 11.8. The van der Waals surface area contributed by atoms with Gasteiger partial charge in [0.15, 0.2) is 5.78 Å². The molecular formula is C25H47N2O5+. The molecule has 0 bridgehead atoms. The minimum atomic E-state index is -0.679. The minimum Gasteiger partial charge on any atom is -0.459 e. The first-order chi connectivity index (χ1) is 14.4. The second-order valence-corrected chi connectivity index (χ2v) is 11.1. The number of hydrogen-bond donors (Lipinski definition) is 1. The van der Waals surface area contributed by atoms with Gasteiger partial charge in [-0.3, -0.25) is 19.2 Å². The Morgan fingerprint density at radius 3 is 2.03 bits per heavy atom. The van der Waals surface area contributed by atoms with Crippen LogP contribution in [0.5, 0.6) is 0 Å². The molecule has 186 valence electrons. The smallest absolute Gasteiger partial charge is 0.308 e. The van der Waals surface area contributed by atoms with E-state index in [0.29, 0.717) is 36.8 Å². The fourth-order valence-electron chi connectivity index (χ4n) is 3.61. The number of likely N-dealkylation sites (N-methyl/N-ethyl adjacent to an activating group) is 1. The van der Waals surface area contributed by atoms with E-state index in [1.807, 2.05) is 48.7 Å². The lowest BCUT2D eigenvalue weighted by Gasteiger charge is -2.32. The second-order valence-electron chi connectivity index (χ2n) is 11.1. The van der Waals surface area contributed by atoms with Crippen LogP contribution in [0.3, 0.4) is 0 Å². The van der Waals surface area contributed by atoms with Crippen molar-refractivity contribution in [2.24, 2.45) is 17.3 Å². The Balaban J connectivity index is 4.81. The maximum absolute atomic E-state index is 12.6. The van der Waals surface area contributed by atoms with Gasteiger partial charge >= 0.3 is 5.97 Å². The van der Waals surface area contributed by atoms with Gasteiger partial charge < -0.3 is 14.5 Å². The first-order valence-electron chi connectivity index (χ1n) is 11.8. The lowest BCUT2D eigenvalue weighted by atomic mass is 9.73. The predicted molar refractivity (Wildman–Crippen MR) is 127 cm³/mol. The summed E-state index contributed by atoms with van der Waals surface area (Å²) in [4.78, 5) is 48.8. The molecule has 1 amide bonds. The van der Waals surface area contributed by atoms with Crippen LogP contribution in [0.4, 0.5) is 0 Å². The van der Waals surface area contributed by atoms with Crippen molar-refractivity contribution in [3.05, 3.63) is 0 Å². The summed E-state index contributed by atoms with van der Waals surface area (Å²) in [6.07, 6.45) is 2.28. The summed E-state index contributed by atoms with van der Waals surface area (Å²) in [5.74, 6) is -0.883. The van der Waals surface area contributed by atoms with Crippen molar-refractivity contribution in [3.63, 3.8) is 0 Å². The Bertz CT molecular complexity index is 671. The highest BCUT2D eigenvalue weighted by Crippen LogP contribution is 2.34. The lowest BCUT2D eigenvalue weighted by Crippen LogP contribution is -2.46. The Morgan fingerprint density at radius 2 is 1.56 bits per heavy atom. The number of quaternary nitrogens is 1. The van der Waals surface area contributed by atoms with Gasteiger partial charge in [0.05, 0.1) is 20.0 Å². The predicted octanol–water partition coefficient (Wildman–Crippen LogP) is 3.54. The lowest BCUT2D eigenvalue weighted by molar-refractivity contribution is -0.882. The molecule has 0 spiro atoms. The Hall–Kier alpha value is -1.76. The molecule has 0 heterocycles. The average Bonchev–Trinajstić information content (AvgIpc) is 2.64. The second kappa shape index (κ2) is 12.5. The number of nitrogens with zero attached hydrogens (tertiary/aromatic N) is 1. The van der Waals surface area contributed by atoms with Crippen molar-refractivity contribution in [2.45, 2.75) is 86.6 Å². The summed E-state index contributed by atoms with van der Waals surface area (Å²) in [6.45, 7) is 15.8. The van der Waals surface area contributed by atoms with E-state index in [2.05, 4.69) is 5.32 Å². The summed E-state index contributed by atoms with van der Waals surface area (Å²) in [7, 11) is 3.85. The third-order valence-electron chi connectivity index (χ3n) is 6.52. The molecule has 0 aliphatic carbocycles. The highest BCUT2D eigenvalue weighted by Gasteiger charge is 2.35. The molecule has 7 nitrogen and oxygen atoms in total. The number of nitrogens with one attached hydrogen (secondary N) is 1. The molecule has 32 heavy (non-hydrogen) atoms. The zero-order valence-electron chi connectivity index (χ0n) is 22.1. The van der Waals surface area contributed by atoms with E-state index in [1.54, 1.807) is 20.8 Å². The number of carbonyl (C=O) groups excluding carboxylic acids is 4. The summed E-state index contributed by atoms with van der Waals surface area (Å²) in [5.41, 5.74) is -0.962. The van der Waals surface area contributed by atoms with Gasteiger partial charge in [0.1, 0.15) is 25.5 Å².